The van der Waals surface area contributed by atoms with E-state index in [2.05, 4.69) is 0 Å². The van der Waals surface area contributed by atoms with Crippen molar-refractivity contribution < 1.29 is 40.7 Å². The fraction of sp³-hybridized carbons (Fsp3) is 0.643. The summed E-state index contributed by atoms with van der Waals surface area (Å²) < 4.78 is 68.4. The molecule has 0 unspecified atom stereocenters. The van der Waals surface area contributed by atoms with E-state index in [9.17, 15) is 36.0 Å². The van der Waals surface area contributed by atoms with E-state index in [0.717, 1.165) is 27.0 Å². The number of rotatable bonds is 4. The number of fused-ring (bicyclic) bond motifs is 1. The molecule has 0 amide bonds. The van der Waals surface area contributed by atoms with Gasteiger partial charge in [0.15, 0.2) is 5.78 Å². The molecule has 0 aromatic rings. The third-order valence-corrected chi connectivity index (χ3v) is 6.17. The van der Waals surface area contributed by atoms with Gasteiger partial charge in [-0.05, 0) is 13.0 Å². The first-order valence-electron chi connectivity index (χ1n) is 7.20. The minimum absolute atomic E-state index is 0.125. The van der Waals surface area contributed by atoms with Crippen molar-refractivity contribution >= 4 is 27.4 Å². The number of alkyl halides is 3. The van der Waals surface area contributed by atoms with Gasteiger partial charge in [-0.15, -0.1) is 0 Å². The van der Waals surface area contributed by atoms with Crippen molar-refractivity contribution in [3.63, 3.8) is 0 Å². The number of sulfonamides is 1. The maximum Gasteiger partial charge on any atom is 0.516 e. The topological polar surface area (TPSA) is 97.8 Å². The van der Waals surface area contributed by atoms with Gasteiger partial charge in [-0.1, -0.05) is 0 Å². The molecule has 0 radical (unpaired) electrons. The van der Waals surface area contributed by atoms with Gasteiger partial charge < -0.3 is 4.74 Å². The van der Waals surface area contributed by atoms with Crippen LogP contribution in [0, 0.1) is 5.41 Å². The summed E-state index contributed by atoms with van der Waals surface area (Å²) in [7, 11) is -4.82. The Morgan fingerprint density at radius 2 is 1.84 bits per heavy atom. The lowest BCUT2D eigenvalue weighted by molar-refractivity contribution is -0.144. The van der Waals surface area contributed by atoms with Crippen molar-refractivity contribution in [1.82, 2.24) is 4.31 Å². The molecule has 0 N–H and O–H groups in total. The molecular weight excluding hydrogens is 367 g/mol. The summed E-state index contributed by atoms with van der Waals surface area (Å²) in [6.45, 7) is 1.95. The van der Waals surface area contributed by atoms with E-state index in [1.165, 1.54) is 0 Å². The molecule has 1 fully saturated rings. The molecule has 2 rings (SSSR count). The number of Topliss-reactive ketones (excluding diaryl/α,β-unsaturated/α-hetero) is 3. The maximum atomic E-state index is 13.1. The number of methoxy groups -OCH3 is 1. The smallest absolute Gasteiger partial charge is 0.380 e. The summed E-state index contributed by atoms with van der Waals surface area (Å²) in [5, 5.41) is 0. The van der Waals surface area contributed by atoms with E-state index in [-0.39, 0.29) is 10.7 Å². The van der Waals surface area contributed by atoms with Crippen LogP contribution >= 0.6 is 0 Å². The van der Waals surface area contributed by atoms with Gasteiger partial charge in [0.25, 0.3) is 0 Å². The Balaban J connectivity index is 2.79. The normalized spacial score (nSPS) is 30.1. The molecule has 0 saturated heterocycles. The summed E-state index contributed by atoms with van der Waals surface area (Å²) in [5.41, 5.74) is -8.31. The van der Waals surface area contributed by atoms with Crippen LogP contribution in [0.4, 0.5) is 13.2 Å². The minimum Gasteiger partial charge on any atom is -0.380 e. The lowest BCUT2D eigenvalue weighted by atomic mass is 9.66. The molecule has 0 spiro atoms. The summed E-state index contributed by atoms with van der Waals surface area (Å²) in [6.07, 6.45) is -1.15. The molecule has 140 valence electrons. The summed E-state index contributed by atoms with van der Waals surface area (Å²) in [4.78, 5) is 36.1. The van der Waals surface area contributed by atoms with Gasteiger partial charge in [0.2, 0.25) is 0 Å². The molecular formula is C14H16F3NO6S. The third kappa shape index (κ3) is 2.69. The lowest BCUT2D eigenvalue weighted by Crippen LogP contribution is -2.59. The van der Waals surface area contributed by atoms with Gasteiger partial charge in [0.1, 0.15) is 11.6 Å². The zero-order chi connectivity index (χ0) is 19.4. The molecule has 1 saturated carbocycles. The van der Waals surface area contributed by atoms with Gasteiger partial charge in [0, 0.05) is 26.9 Å². The van der Waals surface area contributed by atoms with E-state index in [1.807, 2.05) is 0 Å². The van der Waals surface area contributed by atoms with E-state index in [0.29, 0.717) is 0 Å². The Labute approximate surface area is 141 Å². The molecule has 1 heterocycles. The molecule has 25 heavy (non-hydrogen) atoms. The number of nitrogens with zero attached hydrogens (tertiary/aromatic N) is 1. The number of allylic oxidation sites excluding steroid dienone is 1. The van der Waals surface area contributed by atoms with E-state index >= 15 is 0 Å². The second kappa shape index (κ2) is 5.90. The van der Waals surface area contributed by atoms with Gasteiger partial charge in [-0.2, -0.15) is 21.6 Å². The predicted octanol–water partition coefficient (Wildman–Crippen LogP) is 0.946. The number of hydrogen-bond donors (Lipinski definition) is 0. The number of carbonyl (C=O) groups is 3. The highest BCUT2D eigenvalue weighted by Gasteiger charge is 2.65. The van der Waals surface area contributed by atoms with Crippen LogP contribution in [-0.2, 0) is 29.1 Å². The number of carbonyl (C=O) groups excluding carboxylic acids is 3. The first kappa shape index (κ1) is 19.6. The molecule has 3 atom stereocenters. The van der Waals surface area contributed by atoms with E-state index in [1.54, 1.807) is 0 Å². The molecule has 7 nitrogen and oxygen atoms in total. The predicted molar refractivity (Wildman–Crippen MR) is 77.5 cm³/mol. The minimum atomic E-state index is -5.98. The van der Waals surface area contributed by atoms with Crippen molar-refractivity contribution in [3.05, 3.63) is 11.8 Å². The van der Waals surface area contributed by atoms with Crippen molar-refractivity contribution in [3.8, 4) is 0 Å². The van der Waals surface area contributed by atoms with E-state index < -0.39 is 62.6 Å². The zero-order valence-corrected chi connectivity index (χ0v) is 14.4. The van der Waals surface area contributed by atoms with E-state index in [4.69, 9.17) is 4.74 Å². The van der Waals surface area contributed by atoms with Gasteiger partial charge in [0.05, 0.1) is 23.3 Å². The molecule has 11 heteroatoms. The Bertz CT molecular complexity index is 772. The summed E-state index contributed by atoms with van der Waals surface area (Å²) in [6, 6.07) is -1.69. The van der Waals surface area contributed by atoms with Crippen LogP contribution in [0.15, 0.2) is 11.8 Å². The van der Waals surface area contributed by atoms with Crippen LogP contribution < -0.4 is 0 Å². The highest BCUT2D eigenvalue weighted by atomic mass is 32.2. The van der Waals surface area contributed by atoms with Gasteiger partial charge >= 0.3 is 15.5 Å². The molecule has 0 bridgehead atoms. The van der Waals surface area contributed by atoms with Crippen molar-refractivity contribution in [1.29, 1.82) is 0 Å². The highest BCUT2D eigenvalue weighted by molar-refractivity contribution is 7.90. The second-order valence-corrected chi connectivity index (χ2v) is 7.82. The van der Waals surface area contributed by atoms with Crippen LogP contribution in [0.5, 0.6) is 0 Å². The lowest BCUT2D eigenvalue weighted by Gasteiger charge is -2.44. The van der Waals surface area contributed by atoms with Gasteiger partial charge in [-0.3, -0.25) is 18.7 Å². The average molecular weight is 383 g/mol. The monoisotopic (exact) mass is 383 g/mol. The zero-order valence-electron chi connectivity index (χ0n) is 13.6. The standard InChI is InChI=1S/C14H16F3NO6S/c1-7(19)10-6-13(8(2)20)11(4-9(21)5-12(13)24-3)18(10)25(22,23)14(15,16)17/h6,11-12H,4-5H2,1-3H3/t11-,12-,13-/m1/s1. The molecule has 0 aromatic heterocycles. The molecule has 1 aliphatic carbocycles. The second-order valence-electron chi connectivity index (χ2n) is 6.01. The van der Waals surface area contributed by atoms with Crippen LogP contribution in [0.1, 0.15) is 26.7 Å². The first-order chi connectivity index (χ1) is 11.3. The molecule has 2 aliphatic rings. The number of ether oxygens (including phenoxy) is 1. The average Bonchev–Trinajstić information content (AvgIpc) is 2.81. The van der Waals surface area contributed by atoms with Crippen molar-refractivity contribution in [2.45, 2.75) is 44.3 Å². The third-order valence-electron chi connectivity index (χ3n) is 4.62. The first-order valence-corrected chi connectivity index (χ1v) is 8.64. The fourth-order valence-corrected chi connectivity index (χ4v) is 4.74. The van der Waals surface area contributed by atoms with Crippen molar-refractivity contribution in [2.75, 3.05) is 7.11 Å². The van der Waals surface area contributed by atoms with Gasteiger partial charge in [-0.25, -0.2) is 0 Å². The number of ketones is 3. The number of hydrogen-bond acceptors (Lipinski definition) is 6. The Morgan fingerprint density at radius 3 is 2.24 bits per heavy atom. The SMILES string of the molecule is CO[C@@H]1CC(=O)C[C@H]2N(S(=O)(=O)C(F)(F)F)C(C(C)=O)=C[C@]12C(C)=O. The van der Waals surface area contributed by atoms with Crippen LogP contribution in [0.3, 0.4) is 0 Å². The maximum absolute atomic E-state index is 13.1. The quantitative estimate of drug-likeness (QED) is 0.717. The Kier molecular flexibility index (Phi) is 4.62. The van der Waals surface area contributed by atoms with Crippen molar-refractivity contribution in [2.24, 2.45) is 5.41 Å². The van der Waals surface area contributed by atoms with Crippen LogP contribution in [-0.4, -0.2) is 54.8 Å². The largest absolute Gasteiger partial charge is 0.516 e. The fourth-order valence-electron chi connectivity index (χ4n) is 3.49. The number of halogens is 3. The summed E-state index contributed by atoms with van der Waals surface area (Å²) in [5.74, 6) is -2.21. The highest BCUT2D eigenvalue weighted by Crippen LogP contribution is 2.51. The molecule has 1 aliphatic heterocycles. The van der Waals surface area contributed by atoms with Crippen LogP contribution in [0.25, 0.3) is 0 Å². The Hall–Kier alpha value is -1.75. The van der Waals surface area contributed by atoms with Crippen LogP contribution in [0.2, 0.25) is 0 Å². The molecule has 0 aromatic carbocycles. The Morgan fingerprint density at radius 1 is 1.28 bits per heavy atom. The summed E-state index contributed by atoms with van der Waals surface area (Å²) >= 11 is 0.